The molecule has 0 heterocycles. The molecule has 0 aliphatic carbocycles. The summed E-state index contributed by atoms with van der Waals surface area (Å²) in [6, 6.07) is 1.01. The van der Waals surface area contributed by atoms with Crippen molar-refractivity contribution in [1.82, 2.24) is 0 Å². The van der Waals surface area contributed by atoms with Gasteiger partial charge in [0, 0.05) is 18.3 Å². The van der Waals surface area contributed by atoms with Gasteiger partial charge in [-0.3, -0.25) is 0 Å². The SMILES string of the molecule is C=C(C)C(=O)O/C(=C\O)COCCC[Si](C)(OC(C)C)C(C)C. The lowest BCUT2D eigenvalue weighted by Crippen LogP contribution is -2.40. The molecular formula is C17H32O5Si. The Morgan fingerprint density at radius 1 is 1.30 bits per heavy atom. The van der Waals surface area contributed by atoms with Crippen LogP contribution in [0.2, 0.25) is 18.1 Å². The number of carbonyl (C=O) groups excluding carboxylic acids is 1. The van der Waals surface area contributed by atoms with Crippen LogP contribution in [0, 0.1) is 0 Å². The van der Waals surface area contributed by atoms with E-state index < -0.39 is 14.3 Å². The highest BCUT2D eigenvalue weighted by molar-refractivity contribution is 6.73. The van der Waals surface area contributed by atoms with E-state index in [1.165, 1.54) is 0 Å². The summed E-state index contributed by atoms with van der Waals surface area (Å²) in [5.41, 5.74) is 0.809. The zero-order chi connectivity index (χ0) is 18.0. The fraction of sp³-hybridized carbons (Fsp3) is 0.706. The third-order valence-corrected chi connectivity index (χ3v) is 8.45. The van der Waals surface area contributed by atoms with Gasteiger partial charge >= 0.3 is 5.97 Å². The van der Waals surface area contributed by atoms with Crippen molar-refractivity contribution in [1.29, 1.82) is 0 Å². The van der Waals surface area contributed by atoms with Gasteiger partial charge in [-0.2, -0.15) is 0 Å². The first-order chi connectivity index (χ1) is 10.6. The fourth-order valence-electron chi connectivity index (χ4n) is 2.02. The van der Waals surface area contributed by atoms with E-state index in [2.05, 4.69) is 40.8 Å². The van der Waals surface area contributed by atoms with Crippen LogP contribution >= 0.6 is 0 Å². The summed E-state index contributed by atoms with van der Waals surface area (Å²) in [4.78, 5) is 11.4. The maximum Gasteiger partial charge on any atom is 0.338 e. The first-order valence-electron chi connectivity index (χ1n) is 8.09. The van der Waals surface area contributed by atoms with Crippen LogP contribution in [-0.4, -0.2) is 38.7 Å². The lowest BCUT2D eigenvalue weighted by atomic mass is 10.4. The van der Waals surface area contributed by atoms with E-state index in [0.29, 0.717) is 12.1 Å². The van der Waals surface area contributed by atoms with Gasteiger partial charge < -0.3 is 19.0 Å². The van der Waals surface area contributed by atoms with Gasteiger partial charge in [0.15, 0.2) is 14.1 Å². The summed E-state index contributed by atoms with van der Waals surface area (Å²) in [5.74, 6) is -0.487. The van der Waals surface area contributed by atoms with Gasteiger partial charge in [-0.05, 0) is 45.3 Å². The quantitative estimate of drug-likeness (QED) is 0.199. The van der Waals surface area contributed by atoms with Crippen molar-refractivity contribution in [2.45, 2.75) is 65.3 Å². The molecule has 6 heteroatoms. The number of hydrogen-bond donors (Lipinski definition) is 1. The van der Waals surface area contributed by atoms with Gasteiger partial charge in [-0.1, -0.05) is 20.4 Å². The smallest absolute Gasteiger partial charge is 0.338 e. The Morgan fingerprint density at radius 2 is 1.91 bits per heavy atom. The number of hydrogen-bond acceptors (Lipinski definition) is 5. The highest BCUT2D eigenvalue weighted by atomic mass is 28.4. The first-order valence-corrected chi connectivity index (χ1v) is 10.8. The predicted molar refractivity (Wildman–Crippen MR) is 94.8 cm³/mol. The van der Waals surface area contributed by atoms with Crippen molar-refractivity contribution in [2.24, 2.45) is 0 Å². The Balaban J connectivity index is 4.19. The zero-order valence-electron chi connectivity index (χ0n) is 15.3. The molecule has 1 unspecified atom stereocenters. The minimum atomic E-state index is -1.76. The molecule has 1 atom stereocenters. The standard InChI is InChI=1S/C17H32O5Si/c1-13(2)17(19)21-16(11-18)12-20-9-8-10-23(7,15(5)6)22-14(3)4/h11,14-15,18H,1,8-10,12H2,2-7H3/b16-11-. The van der Waals surface area contributed by atoms with Crippen molar-refractivity contribution in [2.75, 3.05) is 13.2 Å². The summed E-state index contributed by atoms with van der Waals surface area (Å²) >= 11 is 0. The maximum atomic E-state index is 11.4. The molecule has 0 aromatic rings. The molecule has 134 valence electrons. The molecular weight excluding hydrogens is 312 g/mol. The van der Waals surface area contributed by atoms with Crippen molar-refractivity contribution in [3.8, 4) is 0 Å². The molecule has 0 aromatic carbocycles. The number of aliphatic hydroxyl groups excluding tert-OH is 1. The van der Waals surface area contributed by atoms with Crippen LogP contribution in [0.1, 0.15) is 41.0 Å². The first kappa shape index (κ1) is 21.9. The average Bonchev–Trinajstić information content (AvgIpc) is 2.44. The molecule has 0 fully saturated rings. The van der Waals surface area contributed by atoms with Crippen molar-refractivity contribution >= 4 is 14.3 Å². The zero-order valence-corrected chi connectivity index (χ0v) is 16.3. The average molecular weight is 345 g/mol. The molecule has 0 radical (unpaired) electrons. The van der Waals surface area contributed by atoms with E-state index in [4.69, 9.17) is 19.0 Å². The number of rotatable bonds is 11. The van der Waals surface area contributed by atoms with Gasteiger partial charge in [0.25, 0.3) is 0 Å². The topological polar surface area (TPSA) is 65.0 Å². The van der Waals surface area contributed by atoms with E-state index in [1.54, 1.807) is 6.92 Å². The predicted octanol–water partition coefficient (Wildman–Crippen LogP) is 4.32. The molecule has 0 saturated carbocycles. The minimum absolute atomic E-state index is 0.0561. The minimum Gasteiger partial charge on any atom is -0.512 e. The molecule has 0 amide bonds. The van der Waals surface area contributed by atoms with Crippen LogP contribution in [-0.2, 0) is 18.7 Å². The Labute approximate surface area is 141 Å². The highest BCUT2D eigenvalue weighted by Gasteiger charge is 2.33. The molecule has 1 N–H and O–H groups in total. The lowest BCUT2D eigenvalue weighted by Gasteiger charge is -2.33. The monoisotopic (exact) mass is 344 g/mol. The van der Waals surface area contributed by atoms with Crippen LogP contribution in [0.25, 0.3) is 0 Å². The van der Waals surface area contributed by atoms with Gasteiger partial charge in [-0.15, -0.1) is 0 Å². The van der Waals surface area contributed by atoms with Crippen LogP contribution in [0.5, 0.6) is 0 Å². The molecule has 5 nitrogen and oxygen atoms in total. The van der Waals surface area contributed by atoms with E-state index in [9.17, 15) is 4.79 Å². The highest BCUT2D eigenvalue weighted by Crippen LogP contribution is 2.28. The van der Waals surface area contributed by atoms with Crippen molar-refractivity contribution in [3.05, 3.63) is 24.2 Å². The van der Waals surface area contributed by atoms with Crippen LogP contribution < -0.4 is 0 Å². The summed E-state index contributed by atoms with van der Waals surface area (Å²) in [6.45, 7) is 16.4. The lowest BCUT2D eigenvalue weighted by molar-refractivity contribution is -0.136. The molecule has 0 aliphatic rings. The molecule has 0 aromatic heterocycles. The van der Waals surface area contributed by atoms with Gasteiger partial charge in [-0.25, -0.2) is 4.79 Å². The van der Waals surface area contributed by atoms with Crippen molar-refractivity contribution < 1.29 is 23.8 Å². The molecule has 23 heavy (non-hydrogen) atoms. The Kier molecular flexibility index (Phi) is 10.1. The largest absolute Gasteiger partial charge is 0.512 e. The Bertz CT molecular complexity index is 417. The summed E-state index contributed by atoms with van der Waals surface area (Å²) < 4.78 is 16.6. The molecule has 0 aliphatic heterocycles. The number of ether oxygens (including phenoxy) is 2. The van der Waals surface area contributed by atoms with Gasteiger partial charge in [0.2, 0.25) is 0 Å². The summed E-state index contributed by atoms with van der Waals surface area (Å²) in [5, 5.41) is 9.05. The Morgan fingerprint density at radius 3 is 2.35 bits per heavy atom. The van der Waals surface area contributed by atoms with Crippen LogP contribution in [0.4, 0.5) is 0 Å². The van der Waals surface area contributed by atoms with E-state index >= 15 is 0 Å². The molecule has 0 rings (SSSR count). The second-order valence-electron chi connectivity index (χ2n) is 6.56. The van der Waals surface area contributed by atoms with Crippen LogP contribution in [0.15, 0.2) is 24.2 Å². The third-order valence-electron chi connectivity index (χ3n) is 3.65. The summed E-state index contributed by atoms with van der Waals surface area (Å²) in [6.07, 6.45) is 1.86. The maximum absolute atomic E-state index is 11.4. The summed E-state index contributed by atoms with van der Waals surface area (Å²) in [7, 11) is -1.76. The van der Waals surface area contributed by atoms with E-state index in [0.717, 1.165) is 18.7 Å². The van der Waals surface area contributed by atoms with Crippen molar-refractivity contribution in [3.63, 3.8) is 0 Å². The second kappa shape index (κ2) is 10.6. The fourth-order valence-corrected chi connectivity index (χ4v) is 4.91. The number of aliphatic hydroxyl groups is 1. The molecule has 0 saturated heterocycles. The molecule has 0 bridgehead atoms. The van der Waals surface area contributed by atoms with E-state index in [-0.39, 0.29) is 24.0 Å². The Hall–Kier alpha value is -1.11. The third kappa shape index (κ3) is 8.93. The van der Waals surface area contributed by atoms with Gasteiger partial charge in [0.05, 0.1) is 0 Å². The van der Waals surface area contributed by atoms with Crippen LogP contribution in [0.3, 0.4) is 0 Å². The van der Waals surface area contributed by atoms with Gasteiger partial charge in [0.1, 0.15) is 12.9 Å². The number of carbonyl (C=O) groups is 1. The van der Waals surface area contributed by atoms with E-state index in [1.807, 2.05) is 0 Å². The normalized spacial score (nSPS) is 14.9. The molecule has 0 spiro atoms. The number of esters is 1. The second-order valence-corrected chi connectivity index (χ2v) is 11.1.